The third-order valence-electron chi connectivity index (χ3n) is 5.68. The molecule has 158 valence electrons. The summed E-state index contributed by atoms with van der Waals surface area (Å²) < 4.78 is 5.84. The van der Waals surface area contributed by atoms with Gasteiger partial charge >= 0.3 is 0 Å². The Labute approximate surface area is 174 Å². The van der Waals surface area contributed by atoms with Gasteiger partial charge in [-0.1, -0.05) is 69.4 Å². The molecule has 0 spiro atoms. The number of ether oxygens (including phenoxy) is 1. The van der Waals surface area contributed by atoms with Crippen LogP contribution < -0.4 is 0 Å². The summed E-state index contributed by atoms with van der Waals surface area (Å²) in [7, 11) is 0. The highest BCUT2D eigenvalue weighted by Gasteiger charge is 2.42. The van der Waals surface area contributed by atoms with Gasteiger partial charge in [-0.3, -0.25) is 14.5 Å². The molecule has 0 bridgehead atoms. The average Bonchev–Trinajstić information content (AvgIpc) is 2.95. The molecule has 1 aromatic rings. The van der Waals surface area contributed by atoms with Crippen LogP contribution in [-0.4, -0.2) is 53.5 Å². The van der Waals surface area contributed by atoms with Crippen molar-refractivity contribution < 1.29 is 14.3 Å². The zero-order chi connectivity index (χ0) is 20.8. The first-order valence-corrected chi connectivity index (χ1v) is 11.1. The Morgan fingerprint density at radius 3 is 2.17 bits per heavy atom. The largest absolute Gasteiger partial charge is 0.372 e. The number of nitrogens with zero attached hydrogens (tertiary/aromatic N) is 2. The maximum Gasteiger partial charge on any atom is 0.277 e. The zero-order valence-electron chi connectivity index (χ0n) is 18.0. The van der Waals surface area contributed by atoms with E-state index in [1.807, 2.05) is 44.2 Å². The van der Waals surface area contributed by atoms with E-state index in [0.29, 0.717) is 30.9 Å². The van der Waals surface area contributed by atoms with Crippen molar-refractivity contribution in [2.75, 3.05) is 19.6 Å². The van der Waals surface area contributed by atoms with Crippen LogP contribution in [0.2, 0.25) is 0 Å². The van der Waals surface area contributed by atoms with Crippen LogP contribution in [0.15, 0.2) is 36.0 Å². The van der Waals surface area contributed by atoms with Crippen molar-refractivity contribution in [3.8, 4) is 0 Å². The van der Waals surface area contributed by atoms with Gasteiger partial charge in [0.15, 0.2) is 0 Å². The fourth-order valence-corrected chi connectivity index (χ4v) is 4.34. The van der Waals surface area contributed by atoms with Crippen molar-refractivity contribution in [2.45, 2.75) is 71.5 Å². The van der Waals surface area contributed by atoms with E-state index in [-0.39, 0.29) is 24.0 Å². The first kappa shape index (κ1) is 21.6. The summed E-state index contributed by atoms with van der Waals surface area (Å²) in [5.74, 6) is -0.305. The maximum absolute atomic E-state index is 13.3. The minimum Gasteiger partial charge on any atom is -0.372 e. The van der Waals surface area contributed by atoms with Crippen LogP contribution in [0.3, 0.4) is 0 Å². The summed E-state index contributed by atoms with van der Waals surface area (Å²) in [6.45, 7) is 7.98. The SMILES string of the molecule is CCCCCCCCN1C(=O)C(c2ccccc2)=C(N2CC(C)OC(C)C2)C1=O. The van der Waals surface area contributed by atoms with E-state index in [0.717, 1.165) is 24.8 Å². The van der Waals surface area contributed by atoms with E-state index in [2.05, 4.69) is 11.8 Å². The molecule has 1 aromatic carbocycles. The van der Waals surface area contributed by atoms with Crippen LogP contribution in [0, 0.1) is 0 Å². The molecule has 0 aromatic heterocycles. The number of hydrogen-bond donors (Lipinski definition) is 0. The number of unbranched alkanes of at least 4 members (excludes halogenated alkanes) is 5. The number of benzene rings is 1. The lowest BCUT2D eigenvalue weighted by Crippen LogP contribution is -2.47. The third kappa shape index (κ3) is 5.08. The van der Waals surface area contributed by atoms with E-state index in [9.17, 15) is 9.59 Å². The van der Waals surface area contributed by atoms with Crippen molar-refractivity contribution in [1.82, 2.24) is 9.80 Å². The van der Waals surface area contributed by atoms with Gasteiger partial charge in [0.1, 0.15) is 5.70 Å². The number of carbonyl (C=O) groups excluding carboxylic acids is 2. The second-order valence-electron chi connectivity index (χ2n) is 8.28. The molecule has 3 rings (SSSR count). The Morgan fingerprint density at radius 2 is 1.52 bits per heavy atom. The number of hydrogen-bond acceptors (Lipinski definition) is 4. The smallest absolute Gasteiger partial charge is 0.277 e. The Hall–Kier alpha value is -2.14. The minimum absolute atomic E-state index is 0.0267. The Bertz CT molecular complexity index is 734. The summed E-state index contributed by atoms with van der Waals surface area (Å²) in [6, 6.07) is 9.60. The molecule has 2 aliphatic rings. The molecule has 2 heterocycles. The van der Waals surface area contributed by atoms with Crippen molar-refractivity contribution in [3.63, 3.8) is 0 Å². The fourth-order valence-electron chi connectivity index (χ4n) is 4.34. The van der Waals surface area contributed by atoms with Gasteiger partial charge in [-0.15, -0.1) is 0 Å². The predicted octanol–water partition coefficient (Wildman–Crippen LogP) is 4.24. The third-order valence-corrected chi connectivity index (χ3v) is 5.68. The quantitative estimate of drug-likeness (QED) is 0.461. The normalized spacial score (nSPS) is 22.7. The molecule has 5 heteroatoms. The van der Waals surface area contributed by atoms with Crippen molar-refractivity contribution in [1.29, 1.82) is 0 Å². The van der Waals surface area contributed by atoms with E-state index >= 15 is 0 Å². The van der Waals surface area contributed by atoms with Gasteiger partial charge in [0.05, 0.1) is 17.8 Å². The molecule has 1 fully saturated rings. The second-order valence-corrected chi connectivity index (χ2v) is 8.28. The molecule has 5 nitrogen and oxygen atoms in total. The summed E-state index contributed by atoms with van der Waals surface area (Å²) in [5.41, 5.74) is 1.91. The molecule has 2 atom stereocenters. The zero-order valence-corrected chi connectivity index (χ0v) is 18.0. The van der Waals surface area contributed by atoms with Crippen LogP contribution in [0.25, 0.3) is 5.57 Å². The molecule has 2 unspecified atom stereocenters. The molecule has 1 saturated heterocycles. The van der Waals surface area contributed by atoms with Crippen LogP contribution in [0.1, 0.15) is 64.9 Å². The average molecular weight is 399 g/mol. The maximum atomic E-state index is 13.3. The van der Waals surface area contributed by atoms with Crippen LogP contribution >= 0.6 is 0 Å². The second kappa shape index (κ2) is 10.1. The molecule has 0 N–H and O–H groups in total. The monoisotopic (exact) mass is 398 g/mol. The molecular formula is C24H34N2O3. The Morgan fingerprint density at radius 1 is 0.897 bits per heavy atom. The summed E-state index contributed by atoms with van der Waals surface area (Å²) >= 11 is 0. The predicted molar refractivity (Wildman–Crippen MR) is 115 cm³/mol. The fraction of sp³-hybridized carbons (Fsp3) is 0.583. The molecule has 2 aliphatic heterocycles. The first-order valence-electron chi connectivity index (χ1n) is 11.1. The van der Waals surface area contributed by atoms with Gasteiger partial charge < -0.3 is 9.64 Å². The van der Waals surface area contributed by atoms with Gasteiger partial charge in [-0.2, -0.15) is 0 Å². The molecular weight excluding hydrogens is 364 g/mol. The molecule has 2 amide bonds. The van der Waals surface area contributed by atoms with Gasteiger partial charge in [-0.25, -0.2) is 0 Å². The first-order chi connectivity index (χ1) is 14.0. The highest BCUT2D eigenvalue weighted by molar-refractivity contribution is 6.35. The lowest BCUT2D eigenvalue weighted by Gasteiger charge is -2.37. The number of morpholine rings is 1. The molecule has 0 aliphatic carbocycles. The van der Waals surface area contributed by atoms with Crippen molar-refractivity contribution in [3.05, 3.63) is 41.6 Å². The summed E-state index contributed by atoms with van der Waals surface area (Å²) in [4.78, 5) is 30.2. The van der Waals surface area contributed by atoms with Crippen LogP contribution in [0.5, 0.6) is 0 Å². The van der Waals surface area contributed by atoms with Crippen molar-refractivity contribution in [2.24, 2.45) is 0 Å². The number of amides is 2. The highest BCUT2D eigenvalue weighted by atomic mass is 16.5. The number of imide groups is 1. The van der Waals surface area contributed by atoms with E-state index in [1.165, 1.54) is 24.2 Å². The topological polar surface area (TPSA) is 49.9 Å². The van der Waals surface area contributed by atoms with Crippen LogP contribution in [0.4, 0.5) is 0 Å². The van der Waals surface area contributed by atoms with E-state index < -0.39 is 0 Å². The Balaban J connectivity index is 1.80. The molecule has 29 heavy (non-hydrogen) atoms. The Kier molecular flexibility index (Phi) is 7.48. The molecule has 0 saturated carbocycles. The van der Waals surface area contributed by atoms with Gasteiger partial charge in [0.2, 0.25) is 0 Å². The van der Waals surface area contributed by atoms with Crippen LogP contribution in [-0.2, 0) is 14.3 Å². The standard InChI is InChI=1S/C24H34N2O3/c1-4-5-6-7-8-12-15-26-23(27)21(20-13-10-9-11-14-20)22(24(26)28)25-16-18(2)29-19(3)17-25/h9-11,13-14,18-19H,4-8,12,15-17H2,1-3H3. The van der Waals surface area contributed by atoms with Gasteiger partial charge in [0, 0.05) is 19.6 Å². The number of carbonyl (C=O) groups is 2. The lowest BCUT2D eigenvalue weighted by molar-refractivity contribution is -0.138. The highest BCUT2D eigenvalue weighted by Crippen LogP contribution is 2.33. The summed E-state index contributed by atoms with van der Waals surface area (Å²) in [6.07, 6.45) is 6.82. The van der Waals surface area contributed by atoms with Gasteiger partial charge in [0.25, 0.3) is 11.8 Å². The van der Waals surface area contributed by atoms with Gasteiger partial charge in [-0.05, 0) is 25.8 Å². The minimum atomic E-state index is -0.156. The summed E-state index contributed by atoms with van der Waals surface area (Å²) in [5, 5.41) is 0. The van der Waals surface area contributed by atoms with E-state index in [4.69, 9.17) is 4.74 Å². The molecule has 0 radical (unpaired) electrons. The number of rotatable bonds is 9. The lowest BCUT2D eigenvalue weighted by atomic mass is 10.0. The van der Waals surface area contributed by atoms with E-state index in [1.54, 1.807) is 0 Å². The van der Waals surface area contributed by atoms with Crippen molar-refractivity contribution >= 4 is 17.4 Å².